The second-order valence-electron chi connectivity index (χ2n) is 16.3. The maximum absolute atomic E-state index is 5.09. The Morgan fingerprint density at radius 3 is 1.30 bits per heavy atom. The number of hydrogen-bond donors (Lipinski definition) is 0. The summed E-state index contributed by atoms with van der Waals surface area (Å²) in [6, 6.07) is 59.2. The molecule has 1 saturated carbocycles. The molecular weight excluding hydrogens is 769 g/mol. The number of fused-ring (bicyclic) bond motifs is 1. The number of hydrogen-bond acceptors (Lipinski definition) is 6. The molecule has 0 radical (unpaired) electrons. The van der Waals surface area contributed by atoms with Gasteiger partial charge in [-0.15, -0.1) is 0 Å². The fraction of sp³-hybridized carbons (Fsp3) is 0.123. The van der Waals surface area contributed by atoms with Crippen LogP contribution in [-0.4, -0.2) is 29.9 Å². The zero-order valence-electron chi connectivity index (χ0n) is 35.3. The average molecular weight is 815 g/mol. The summed E-state index contributed by atoms with van der Waals surface area (Å²) in [5.41, 5.74) is 10.3. The highest BCUT2D eigenvalue weighted by Crippen LogP contribution is 2.46. The monoisotopic (exact) mass is 814 g/mol. The maximum atomic E-state index is 5.09. The molecule has 9 aromatic rings. The molecule has 0 unspecified atom stereocenters. The molecule has 0 atom stereocenters. The molecule has 0 saturated heterocycles. The van der Waals surface area contributed by atoms with Crippen LogP contribution < -0.4 is 0 Å². The molecule has 0 aliphatic heterocycles. The topological polar surface area (TPSA) is 77.3 Å². The minimum atomic E-state index is -0.130. The van der Waals surface area contributed by atoms with Crippen molar-refractivity contribution in [2.45, 2.75) is 44.4 Å². The van der Waals surface area contributed by atoms with E-state index in [-0.39, 0.29) is 5.41 Å². The molecule has 1 aliphatic rings. The second kappa shape index (κ2) is 17.3. The lowest BCUT2D eigenvalue weighted by Gasteiger charge is -2.39. The van der Waals surface area contributed by atoms with Gasteiger partial charge in [-0.05, 0) is 64.9 Å². The van der Waals surface area contributed by atoms with Gasteiger partial charge >= 0.3 is 0 Å². The zero-order chi connectivity index (χ0) is 42.6. The van der Waals surface area contributed by atoms with Crippen molar-refractivity contribution in [3.8, 4) is 68.3 Å². The van der Waals surface area contributed by atoms with Crippen LogP contribution in [0.5, 0.6) is 0 Å². The first-order chi connectivity index (χ1) is 31.1. The third kappa shape index (κ3) is 7.99. The van der Waals surface area contributed by atoms with Crippen LogP contribution >= 0.6 is 0 Å². The highest BCUT2D eigenvalue weighted by atomic mass is 15.0. The molecule has 0 amide bonds. The normalized spacial score (nSPS) is 13.6. The Morgan fingerprint density at radius 1 is 0.397 bits per heavy atom. The lowest BCUT2D eigenvalue weighted by Crippen LogP contribution is -2.30. The molecule has 0 spiro atoms. The van der Waals surface area contributed by atoms with E-state index < -0.39 is 0 Å². The summed E-state index contributed by atoms with van der Waals surface area (Å²) in [6.45, 7) is 6.03. The summed E-state index contributed by atoms with van der Waals surface area (Å²) in [6.07, 6.45) is 11.7. The smallest absolute Gasteiger partial charge is 0.164 e. The number of aromatic nitrogens is 6. The van der Waals surface area contributed by atoms with Gasteiger partial charge in [-0.25, -0.2) is 29.9 Å². The molecule has 63 heavy (non-hydrogen) atoms. The first kappa shape index (κ1) is 39.4. The fourth-order valence-electron chi connectivity index (χ4n) is 9.03. The highest BCUT2D eigenvalue weighted by molar-refractivity contribution is 5.86. The van der Waals surface area contributed by atoms with Crippen LogP contribution in [0.4, 0.5) is 0 Å². The molecule has 2 aromatic heterocycles. The average Bonchev–Trinajstić information content (AvgIpc) is 3.37. The maximum Gasteiger partial charge on any atom is 0.164 e. The fourth-order valence-corrected chi connectivity index (χ4v) is 9.03. The standard InChI is InChI=1S/C57H46N6/c1-3-16-45-37-47(25-23-39(45)4-2)55-60-51(41-18-8-5-9-19-41)58-53(62-55)43-27-31-49(32-28-43)57(35-14-7-15-36-57)50-33-29-44(30-34-50)54-59-52(42-20-10-6-11-21-42)61-56(63-54)48-26-24-40-17-12-13-22-46(40)38-48/h3-6,8-13,16-34,37-38H,2,7,14-15,35-36H2,1H3/b16-3-. The van der Waals surface area contributed by atoms with E-state index in [0.29, 0.717) is 34.9 Å². The van der Waals surface area contributed by atoms with Crippen LogP contribution in [0.1, 0.15) is 61.3 Å². The third-order valence-corrected chi connectivity index (χ3v) is 12.4. The van der Waals surface area contributed by atoms with Gasteiger partial charge in [0.05, 0.1) is 0 Å². The van der Waals surface area contributed by atoms with Crippen LogP contribution in [0, 0.1) is 0 Å². The third-order valence-electron chi connectivity index (χ3n) is 12.4. The summed E-state index contributed by atoms with van der Waals surface area (Å²) in [5.74, 6) is 3.88. The molecule has 10 rings (SSSR count). The van der Waals surface area contributed by atoms with E-state index in [9.17, 15) is 0 Å². The molecule has 0 N–H and O–H groups in total. The van der Waals surface area contributed by atoms with Gasteiger partial charge in [0.15, 0.2) is 34.9 Å². The summed E-state index contributed by atoms with van der Waals surface area (Å²) in [4.78, 5) is 30.3. The summed E-state index contributed by atoms with van der Waals surface area (Å²) >= 11 is 0. The largest absolute Gasteiger partial charge is 0.208 e. The molecular formula is C57H46N6. The summed E-state index contributed by atoms with van der Waals surface area (Å²) in [5, 5.41) is 2.33. The van der Waals surface area contributed by atoms with Crippen molar-refractivity contribution < 1.29 is 0 Å². The molecule has 6 nitrogen and oxygen atoms in total. The van der Waals surface area contributed by atoms with Crippen molar-refractivity contribution in [1.82, 2.24) is 29.9 Å². The first-order valence-electron chi connectivity index (χ1n) is 21.8. The predicted octanol–water partition coefficient (Wildman–Crippen LogP) is 14.1. The highest BCUT2D eigenvalue weighted by Gasteiger charge is 2.36. The number of nitrogens with zero attached hydrogens (tertiary/aromatic N) is 6. The van der Waals surface area contributed by atoms with Gasteiger partial charge < -0.3 is 0 Å². The van der Waals surface area contributed by atoms with Crippen LogP contribution in [0.2, 0.25) is 0 Å². The van der Waals surface area contributed by atoms with Gasteiger partial charge in [-0.1, -0.05) is 202 Å². The lowest BCUT2D eigenvalue weighted by atomic mass is 9.65. The summed E-state index contributed by atoms with van der Waals surface area (Å²) in [7, 11) is 0. The van der Waals surface area contributed by atoms with Crippen molar-refractivity contribution >= 4 is 22.9 Å². The Hall–Kier alpha value is -7.70. The van der Waals surface area contributed by atoms with E-state index in [0.717, 1.165) is 62.7 Å². The Balaban J connectivity index is 1.01. The van der Waals surface area contributed by atoms with E-state index in [1.54, 1.807) is 0 Å². The quantitative estimate of drug-likeness (QED) is 0.137. The van der Waals surface area contributed by atoms with Gasteiger partial charge in [0, 0.05) is 38.8 Å². The van der Waals surface area contributed by atoms with E-state index in [4.69, 9.17) is 29.9 Å². The molecule has 7 aromatic carbocycles. The molecule has 1 aliphatic carbocycles. The van der Waals surface area contributed by atoms with Gasteiger partial charge in [-0.2, -0.15) is 0 Å². The van der Waals surface area contributed by atoms with E-state index in [2.05, 4.69) is 134 Å². The van der Waals surface area contributed by atoms with Crippen LogP contribution in [-0.2, 0) is 5.41 Å². The lowest BCUT2D eigenvalue weighted by molar-refractivity contribution is 0.346. The van der Waals surface area contributed by atoms with E-state index in [1.807, 2.05) is 67.6 Å². The van der Waals surface area contributed by atoms with Gasteiger partial charge in [-0.3, -0.25) is 0 Å². The van der Waals surface area contributed by atoms with Crippen molar-refractivity contribution in [2.75, 3.05) is 0 Å². The minimum Gasteiger partial charge on any atom is -0.208 e. The van der Waals surface area contributed by atoms with Crippen LogP contribution in [0.15, 0.2) is 183 Å². The van der Waals surface area contributed by atoms with Crippen LogP contribution in [0.3, 0.4) is 0 Å². The Bertz CT molecular complexity index is 3100. The first-order valence-corrected chi connectivity index (χ1v) is 21.8. The molecule has 304 valence electrons. The van der Waals surface area contributed by atoms with E-state index in [1.165, 1.54) is 35.8 Å². The summed E-state index contributed by atoms with van der Waals surface area (Å²) < 4.78 is 0. The van der Waals surface area contributed by atoms with Crippen molar-refractivity contribution in [1.29, 1.82) is 0 Å². The minimum absolute atomic E-state index is 0.130. The number of allylic oxidation sites excluding steroid dienone is 1. The number of rotatable bonds is 10. The van der Waals surface area contributed by atoms with E-state index >= 15 is 0 Å². The molecule has 1 fully saturated rings. The second-order valence-corrected chi connectivity index (χ2v) is 16.3. The van der Waals surface area contributed by atoms with Crippen molar-refractivity contribution in [2.24, 2.45) is 0 Å². The Morgan fingerprint density at radius 2 is 0.810 bits per heavy atom. The van der Waals surface area contributed by atoms with Crippen molar-refractivity contribution in [3.05, 3.63) is 205 Å². The van der Waals surface area contributed by atoms with Gasteiger partial charge in [0.1, 0.15) is 0 Å². The number of benzene rings is 7. The van der Waals surface area contributed by atoms with Gasteiger partial charge in [0.25, 0.3) is 0 Å². The molecule has 6 heteroatoms. The van der Waals surface area contributed by atoms with Crippen molar-refractivity contribution in [3.63, 3.8) is 0 Å². The Kier molecular flexibility index (Phi) is 10.9. The predicted molar refractivity (Wildman–Crippen MR) is 258 cm³/mol. The molecule has 0 bridgehead atoms. The Labute approximate surface area is 368 Å². The van der Waals surface area contributed by atoms with Gasteiger partial charge in [0.2, 0.25) is 0 Å². The molecule has 2 heterocycles. The zero-order valence-corrected chi connectivity index (χ0v) is 35.3. The van der Waals surface area contributed by atoms with Crippen LogP contribution in [0.25, 0.3) is 91.3 Å². The SMILES string of the molecule is C=Cc1ccc(-c2nc(-c3ccccc3)nc(-c3ccc(C4(c5ccc(-c6nc(-c7ccccc7)nc(-c7ccc8ccccc8c7)n6)cc5)CCCCC4)cc3)n2)cc1/C=C\C.